The van der Waals surface area contributed by atoms with Gasteiger partial charge < -0.3 is 19.7 Å². The van der Waals surface area contributed by atoms with Gasteiger partial charge in [0.15, 0.2) is 6.29 Å². The van der Waals surface area contributed by atoms with Crippen LogP contribution in [0.3, 0.4) is 0 Å². The van der Waals surface area contributed by atoms with E-state index in [-0.39, 0.29) is 18.8 Å². The largest absolute Gasteiger partial charge is 0.353 e. The third kappa shape index (κ3) is 3.09. The van der Waals surface area contributed by atoms with E-state index in [1.807, 2.05) is 4.90 Å². The van der Waals surface area contributed by atoms with E-state index in [0.717, 1.165) is 52.0 Å². The number of likely N-dealkylation sites (tertiary alicyclic amines) is 1. The molecule has 5 heteroatoms. The molecule has 0 aromatic rings. The highest BCUT2D eigenvalue weighted by molar-refractivity contribution is 5.78. The Bertz CT molecular complexity index is 315. The lowest BCUT2D eigenvalue weighted by Gasteiger charge is -2.52. The number of ether oxygens (including phenoxy) is 2. The van der Waals surface area contributed by atoms with Gasteiger partial charge in [-0.1, -0.05) is 0 Å². The number of piperidine rings is 1. The van der Waals surface area contributed by atoms with E-state index in [2.05, 4.69) is 5.32 Å². The van der Waals surface area contributed by atoms with Crippen LogP contribution in [0.2, 0.25) is 0 Å². The van der Waals surface area contributed by atoms with Crippen LogP contribution in [0.15, 0.2) is 0 Å². The topological polar surface area (TPSA) is 50.8 Å². The Labute approximate surface area is 114 Å². The molecule has 1 amide bonds. The Morgan fingerprint density at radius 1 is 1.32 bits per heavy atom. The van der Waals surface area contributed by atoms with E-state index < -0.39 is 0 Å². The van der Waals surface area contributed by atoms with Gasteiger partial charge in [-0.2, -0.15) is 0 Å². The van der Waals surface area contributed by atoms with Crippen molar-refractivity contribution in [2.45, 2.75) is 38.4 Å². The molecule has 1 unspecified atom stereocenters. The second-order valence-electron chi connectivity index (χ2n) is 6.11. The Hall–Kier alpha value is -0.650. The van der Waals surface area contributed by atoms with Crippen LogP contribution in [0.25, 0.3) is 0 Å². The fraction of sp³-hybridized carbons (Fsp3) is 0.929. The molecular weight excluding hydrogens is 244 g/mol. The van der Waals surface area contributed by atoms with Gasteiger partial charge in [0.2, 0.25) is 5.91 Å². The van der Waals surface area contributed by atoms with Gasteiger partial charge in [-0.25, -0.2) is 0 Å². The second kappa shape index (κ2) is 5.77. The molecule has 19 heavy (non-hydrogen) atoms. The van der Waals surface area contributed by atoms with Crippen molar-refractivity contribution >= 4 is 5.91 Å². The molecule has 1 atom stereocenters. The molecule has 3 aliphatic rings. The molecule has 5 nitrogen and oxygen atoms in total. The van der Waals surface area contributed by atoms with E-state index in [9.17, 15) is 4.79 Å². The number of rotatable bonds is 3. The minimum absolute atomic E-state index is 0.123. The number of carbonyl (C=O) groups excluding carboxylic acids is 1. The maximum Gasteiger partial charge on any atom is 0.248 e. The zero-order chi connectivity index (χ0) is 13.1. The van der Waals surface area contributed by atoms with Crippen LogP contribution >= 0.6 is 0 Å². The Morgan fingerprint density at radius 2 is 2.11 bits per heavy atom. The smallest absolute Gasteiger partial charge is 0.248 e. The lowest BCUT2D eigenvalue weighted by Crippen LogP contribution is -2.62. The van der Waals surface area contributed by atoms with Gasteiger partial charge in [-0.05, 0) is 45.2 Å². The number of amides is 1. The third-order valence-corrected chi connectivity index (χ3v) is 4.60. The van der Waals surface area contributed by atoms with Crippen molar-refractivity contribution in [3.8, 4) is 0 Å². The molecule has 3 fully saturated rings. The molecule has 0 bridgehead atoms. The number of nitrogens with one attached hydrogen (secondary N) is 1. The van der Waals surface area contributed by atoms with Gasteiger partial charge in [0, 0.05) is 25.1 Å². The second-order valence-corrected chi connectivity index (χ2v) is 6.11. The fourth-order valence-electron chi connectivity index (χ4n) is 3.31. The van der Waals surface area contributed by atoms with Crippen LogP contribution in [0.4, 0.5) is 0 Å². The average Bonchev–Trinajstić information content (AvgIpc) is 2.44. The van der Waals surface area contributed by atoms with Crippen LogP contribution in [0, 0.1) is 5.41 Å². The Balaban J connectivity index is 1.37. The van der Waals surface area contributed by atoms with Crippen molar-refractivity contribution in [1.29, 1.82) is 0 Å². The maximum atomic E-state index is 12.0. The van der Waals surface area contributed by atoms with Crippen LogP contribution in [-0.4, -0.2) is 56.5 Å². The summed E-state index contributed by atoms with van der Waals surface area (Å²) in [6.45, 7) is 4.96. The Morgan fingerprint density at radius 3 is 2.79 bits per heavy atom. The summed E-state index contributed by atoms with van der Waals surface area (Å²) in [5.74, 6) is 0.123. The highest BCUT2D eigenvalue weighted by Crippen LogP contribution is 2.38. The maximum absolute atomic E-state index is 12.0. The molecule has 1 spiro atoms. The standard InChI is InChI=1S/C14H24N2O3/c17-12(9-19-13-3-1-2-8-18-13)16-10-14(11-16)4-6-15-7-5-14/h13,15H,1-11H2. The first-order valence-electron chi connectivity index (χ1n) is 7.49. The molecular formula is C14H24N2O3. The molecule has 3 saturated heterocycles. The van der Waals surface area contributed by atoms with E-state index >= 15 is 0 Å². The van der Waals surface area contributed by atoms with Gasteiger partial charge in [-0.3, -0.25) is 4.79 Å². The third-order valence-electron chi connectivity index (χ3n) is 4.60. The first-order valence-corrected chi connectivity index (χ1v) is 7.49. The van der Waals surface area contributed by atoms with Gasteiger partial charge in [-0.15, -0.1) is 0 Å². The molecule has 0 aromatic heterocycles. The molecule has 0 saturated carbocycles. The summed E-state index contributed by atoms with van der Waals surface area (Å²) >= 11 is 0. The zero-order valence-electron chi connectivity index (χ0n) is 11.5. The van der Waals surface area contributed by atoms with Gasteiger partial charge >= 0.3 is 0 Å². The van der Waals surface area contributed by atoms with Crippen molar-refractivity contribution in [1.82, 2.24) is 10.2 Å². The summed E-state index contributed by atoms with van der Waals surface area (Å²) in [5, 5.41) is 3.38. The normalized spacial score (nSPS) is 30.1. The van der Waals surface area contributed by atoms with Crippen molar-refractivity contribution in [3.05, 3.63) is 0 Å². The minimum Gasteiger partial charge on any atom is -0.353 e. The summed E-state index contributed by atoms with van der Waals surface area (Å²) in [7, 11) is 0. The van der Waals surface area contributed by atoms with Crippen molar-refractivity contribution in [3.63, 3.8) is 0 Å². The quantitative estimate of drug-likeness (QED) is 0.820. The predicted octanol–water partition coefficient (Wildman–Crippen LogP) is 0.742. The molecule has 3 rings (SSSR count). The molecule has 108 valence electrons. The minimum atomic E-state index is -0.160. The van der Waals surface area contributed by atoms with E-state index in [0.29, 0.717) is 5.41 Å². The summed E-state index contributed by atoms with van der Waals surface area (Å²) in [6.07, 6.45) is 5.40. The van der Waals surface area contributed by atoms with Gasteiger partial charge in [0.25, 0.3) is 0 Å². The fourth-order valence-corrected chi connectivity index (χ4v) is 3.31. The van der Waals surface area contributed by atoms with Crippen LogP contribution in [0.1, 0.15) is 32.1 Å². The number of hydrogen-bond donors (Lipinski definition) is 1. The van der Waals surface area contributed by atoms with E-state index in [1.165, 1.54) is 12.8 Å². The Kier molecular flexibility index (Phi) is 4.05. The van der Waals surface area contributed by atoms with Gasteiger partial charge in [0.05, 0.1) is 0 Å². The summed E-state index contributed by atoms with van der Waals surface area (Å²) in [5.41, 5.74) is 0.405. The van der Waals surface area contributed by atoms with Crippen LogP contribution in [0.5, 0.6) is 0 Å². The van der Waals surface area contributed by atoms with Gasteiger partial charge in [0.1, 0.15) is 6.61 Å². The highest BCUT2D eigenvalue weighted by atomic mass is 16.7. The monoisotopic (exact) mass is 268 g/mol. The van der Waals surface area contributed by atoms with Crippen molar-refractivity contribution in [2.75, 3.05) is 39.4 Å². The number of hydrogen-bond acceptors (Lipinski definition) is 4. The average molecular weight is 268 g/mol. The SMILES string of the molecule is O=C(COC1CCCCO1)N1CC2(CCNCC2)C1. The molecule has 3 aliphatic heterocycles. The van der Waals surface area contributed by atoms with E-state index in [1.54, 1.807) is 0 Å². The molecule has 0 radical (unpaired) electrons. The number of carbonyl (C=O) groups is 1. The van der Waals surface area contributed by atoms with Crippen molar-refractivity contribution in [2.24, 2.45) is 5.41 Å². The van der Waals surface area contributed by atoms with Crippen molar-refractivity contribution < 1.29 is 14.3 Å². The molecule has 0 aliphatic carbocycles. The summed E-state index contributed by atoms with van der Waals surface area (Å²) in [4.78, 5) is 14.0. The molecule has 3 heterocycles. The lowest BCUT2D eigenvalue weighted by atomic mass is 9.72. The lowest BCUT2D eigenvalue weighted by molar-refractivity contribution is -0.181. The van der Waals surface area contributed by atoms with E-state index in [4.69, 9.17) is 9.47 Å². The molecule has 0 aromatic carbocycles. The summed E-state index contributed by atoms with van der Waals surface area (Å²) in [6, 6.07) is 0. The van der Waals surface area contributed by atoms with Crippen LogP contribution < -0.4 is 5.32 Å². The number of nitrogens with zero attached hydrogens (tertiary/aromatic N) is 1. The molecule has 1 N–H and O–H groups in total. The zero-order valence-corrected chi connectivity index (χ0v) is 11.5. The highest BCUT2D eigenvalue weighted by Gasteiger charge is 2.45. The summed E-state index contributed by atoms with van der Waals surface area (Å²) < 4.78 is 11.0. The first-order chi connectivity index (χ1) is 9.27. The first kappa shape index (κ1) is 13.3. The van der Waals surface area contributed by atoms with Crippen LogP contribution in [-0.2, 0) is 14.3 Å². The predicted molar refractivity (Wildman–Crippen MR) is 70.7 cm³/mol.